The molecule has 0 N–H and O–H groups in total. The zero-order valence-electron chi connectivity index (χ0n) is 13.2. The number of fused-ring (bicyclic) bond motifs is 1. The first-order chi connectivity index (χ1) is 11.6. The van der Waals surface area contributed by atoms with Crippen molar-refractivity contribution in [2.24, 2.45) is 7.05 Å². The molecule has 0 atom stereocenters. The molecule has 2 heterocycles. The molecule has 0 bridgehead atoms. The van der Waals surface area contributed by atoms with Crippen molar-refractivity contribution in [3.8, 4) is 0 Å². The SMILES string of the molecule is Cc1cc(C(F)(F)F)c2c(=O)n(Cc3ccc(F)c(F)c3)n(C)c2n1. The van der Waals surface area contributed by atoms with Gasteiger partial charge in [0.25, 0.3) is 5.56 Å². The van der Waals surface area contributed by atoms with Crippen LogP contribution in [0.2, 0.25) is 0 Å². The molecule has 3 aromatic rings. The topological polar surface area (TPSA) is 39.8 Å². The number of rotatable bonds is 2. The first-order valence-corrected chi connectivity index (χ1v) is 7.18. The maximum absolute atomic E-state index is 13.3. The highest BCUT2D eigenvalue weighted by Gasteiger charge is 2.36. The van der Waals surface area contributed by atoms with Crippen LogP contribution in [-0.4, -0.2) is 14.3 Å². The number of nitrogens with zero attached hydrogens (tertiary/aromatic N) is 3. The van der Waals surface area contributed by atoms with Crippen molar-refractivity contribution in [3.63, 3.8) is 0 Å². The largest absolute Gasteiger partial charge is 0.417 e. The highest BCUT2D eigenvalue weighted by atomic mass is 19.4. The fourth-order valence-corrected chi connectivity index (χ4v) is 2.69. The first-order valence-electron chi connectivity index (χ1n) is 7.18. The zero-order chi connectivity index (χ0) is 18.5. The molecule has 0 aliphatic carbocycles. The number of hydrogen-bond acceptors (Lipinski definition) is 2. The summed E-state index contributed by atoms with van der Waals surface area (Å²) in [6.45, 7) is 1.17. The molecular formula is C16H12F5N3O. The van der Waals surface area contributed by atoms with E-state index in [1.807, 2.05) is 0 Å². The lowest BCUT2D eigenvalue weighted by molar-refractivity contribution is -0.136. The third-order valence-corrected chi connectivity index (χ3v) is 3.87. The van der Waals surface area contributed by atoms with Crippen LogP contribution in [0.25, 0.3) is 11.0 Å². The van der Waals surface area contributed by atoms with E-state index < -0.39 is 34.3 Å². The lowest BCUT2D eigenvalue weighted by Gasteiger charge is -2.08. The van der Waals surface area contributed by atoms with Crippen LogP contribution in [0.5, 0.6) is 0 Å². The lowest BCUT2D eigenvalue weighted by atomic mass is 10.1. The van der Waals surface area contributed by atoms with E-state index in [-0.39, 0.29) is 23.4 Å². The van der Waals surface area contributed by atoms with Gasteiger partial charge < -0.3 is 0 Å². The number of hydrogen-bond donors (Lipinski definition) is 0. The summed E-state index contributed by atoms with van der Waals surface area (Å²) in [5.41, 5.74) is -1.75. The summed E-state index contributed by atoms with van der Waals surface area (Å²) in [6, 6.07) is 3.85. The summed E-state index contributed by atoms with van der Waals surface area (Å²) in [5, 5.41) is -0.553. The molecular weight excluding hydrogens is 345 g/mol. The van der Waals surface area contributed by atoms with E-state index in [1.54, 1.807) is 0 Å². The van der Waals surface area contributed by atoms with Crippen molar-refractivity contribution in [2.45, 2.75) is 19.6 Å². The minimum absolute atomic E-state index is 0.111. The Kier molecular flexibility index (Phi) is 3.89. The van der Waals surface area contributed by atoms with E-state index in [1.165, 1.54) is 24.7 Å². The van der Waals surface area contributed by atoms with E-state index in [0.29, 0.717) is 0 Å². The van der Waals surface area contributed by atoms with Gasteiger partial charge in [0.05, 0.1) is 17.5 Å². The smallest absolute Gasteiger partial charge is 0.268 e. The van der Waals surface area contributed by atoms with Gasteiger partial charge in [-0.15, -0.1) is 0 Å². The zero-order valence-corrected chi connectivity index (χ0v) is 13.2. The van der Waals surface area contributed by atoms with Gasteiger partial charge in [0.1, 0.15) is 0 Å². The molecule has 0 fully saturated rings. The molecule has 0 amide bonds. The summed E-state index contributed by atoms with van der Waals surface area (Å²) < 4.78 is 68.3. The van der Waals surface area contributed by atoms with Crippen molar-refractivity contribution in [2.75, 3.05) is 0 Å². The van der Waals surface area contributed by atoms with Gasteiger partial charge in [0.2, 0.25) is 0 Å². The second-order valence-electron chi connectivity index (χ2n) is 5.64. The van der Waals surface area contributed by atoms with E-state index in [9.17, 15) is 26.7 Å². The lowest BCUT2D eigenvalue weighted by Crippen LogP contribution is -2.23. The Morgan fingerprint density at radius 2 is 1.80 bits per heavy atom. The Labute approximate surface area is 138 Å². The summed E-state index contributed by atoms with van der Waals surface area (Å²) in [7, 11) is 1.39. The Balaban J connectivity index is 2.23. The fourth-order valence-electron chi connectivity index (χ4n) is 2.69. The van der Waals surface area contributed by atoms with Crippen LogP contribution >= 0.6 is 0 Å². The molecule has 0 radical (unpaired) electrons. The van der Waals surface area contributed by atoms with E-state index >= 15 is 0 Å². The average molecular weight is 357 g/mol. The number of pyridine rings is 1. The van der Waals surface area contributed by atoms with Gasteiger partial charge in [0, 0.05) is 12.7 Å². The monoisotopic (exact) mass is 357 g/mol. The number of benzene rings is 1. The molecule has 0 aliphatic heterocycles. The van der Waals surface area contributed by atoms with Crippen molar-refractivity contribution in [1.29, 1.82) is 0 Å². The second kappa shape index (κ2) is 5.68. The summed E-state index contributed by atoms with van der Waals surface area (Å²) in [4.78, 5) is 16.5. The second-order valence-corrected chi connectivity index (χ2v) is 5.64. The van der Waals surface area contributed by atoms with E-state index in [0.717, 1.165) is 22.9 Å². The molecule has 25 heavy (non-hydrogen) atoms. The van der Waals surface area contributed by atoms with Crippen molar-refractivity contribution < 1.29 is 22.0 Å². The normalized spacial score (nSPS) is 12.1. The molecule has 3 rings (SSSR count). The predicted molar refractivity (Wildman–Crippen MR) is 80.2 cm³/mol. The van der Waals surface area contributed by atoms with Gasteiger partial charge in [0.15, 0.2) is 17.3 Å². The van der Waals surface area contributed by atoms with Crippen LogP contribution < -0.4 is 5.56 Å². The third-order valence-electron chi connectivity index (χ3n) is 3.87. The maximum Gasteiger partial charge on any atom is 0.417 e. The Hall–Kier alpha value is -2.71. The Morgan fingerprint density at radius 3 is 2.40 bits per heavy atom. The molecule has 1 aromatic carbocycles. The standard InChI is InChI=1S/C16H12F5N3O/c1-8-5-10(16(19,20)21)13-14(22-8)23(2)24(15(13)25)7-9-3-4-11(17)12(18)6-9/h3-6H,7H2,1-2H3. The molecule has 0 saturated heterocycles. The average Bonchev–Trinajstić information content (AvgIpc) is 2.74. The predicted octanol–water partition coefficient (Wildman–Crippen LogP) is 3.39. The minimum atomic E-state index is -4.72. The van der Waals surface area contributed by atoms with Crippen molar-refractivity contribution >= 4 is 11.0 Å². The van der Waals surface area contributed by atoms with E-state index in [4.69, 9.17) is 0 Å². The molecule has 0 unspecified atom stereocenters. The number of alkyl halides is 3. The summed E-state index contributed by atoms with van der Waals surface area (Å²) >= 11 is 0. The van der Waals surface area contributed by atoms with Crippen LogP contribution in [0, 0.1) is 18.6 Å². The number of halogens is 5. The molecule has 0 aliphatic rings. The van der Waals surface area contributed by atoms with Crippen LogP contribution in [0.15, 0.2) is 29.1 Å². The van der Waals surface area contributed by atoms with Crippen LogP contribution in [0.3, 0.4) is 0 Å². The van der Waals surface area contributed by atoms with Crippen LogP contribution in [0.4, 0.5) is 22.0 Å². The number of aryl methyl sites for hydroxylation is 2. The van der Waals surface area contributed by atoms with Gasteiger partial charge in [-0.05, 0) is 30.7 Å². The van der Waals surface area contributed by atoms with E-state index in [2.05, 4.69) is 4.98 Å². The third kappa shape index (κ3) is 2.90. The summed E-state index contributed by atoms with van der Waals surface area (Å²) in [6.07, 6.45) is -4.72. The van der Waals surface area contributed by atoms with Crippen LogP contribution in [0.1, 0.15) is 16.8 Å². The van der Waals surface area contributed by atoms with Gasteiger partial charge >= 0.3 is 6.18 Å². The quantitative estimate of drug-likeness (QED) is 0.660. The minimum Gasteiger partial charge on any atom is -0.268 e. The van der Waals surface area contributed by atoms with Gasteiger partial charge in [-0.25, -0.2) is 18.4 Å². The molecule has 132 valence electrons. The molecule has 0 spiro atoms. The Bertz CT molecular complexity index is 1030. The molecule has 2 aromatic heterocycles. The molecule has 9 heteroatoms. The first kappa shape index (κ1) is 17.1. The molecule has 4 nitrogen and oxygen atoms in total. The van der Waals surface area contributed by atoms with Gasteiger partial charge in [-0.2, -0.15) is 13.2 Å². The summed E-state index contributed by atoms with van der Waals surface area (Å²) in [5.74, 6) is -2.15. The Morgan fingerprint density at radius 1 is 1.12 bits per heavy atom. The van der Waals surface area contributed by atoms with Crippen molar-refractivity contribution in [3.05, 3.63) is 63.1 Å². The van der Waals surface area contributed by atoms with Crippen molar-refractivity contribution in [1.82, 2.24) is 14.3 Å². The van der Waals surface area contributed by atoms with Gasteiger partial charge in [-0.1, -0.05) is 6.07 Å². The highest BCUT2D eigenvalue weighted by Crippen LogP contribution is 2.33. The highest BCUT2D eigenvalue weighted by molar-refractivity contribution is 5.79. The fraction of sp³-hybridized carbons (Fsp3) is 0.250. The van der Waals surface area contributed by atoms with Gasteiger partial charge in [-0.3, -0.25) is 9.48 Å². The number of aromatic nitrogens is 3. The molecule has 0 saturated carbocycles. The maximum atomic E-state index is 13.3. The van der Waals surface area contributed by atoms with Crippen LogP contribution in [-0.2, 0) is 19.8 Å².